The Morgan fingerprint density at radius 1 is 1.17 bits per heavy atom. The lowest BCUT2D eigenvalue weighted by Gasteiger charge is -2.07. The van der Waals surface area contributed by atoms with Gasteiger partial charge in [0.05, 0.1) is 16.4 Å². The summed E-state index contributed by atoms with van der Waals surface area (Å²) >= 11 is 0. The number of ether oxygens (including phenoxy) is 2. The number of benzene rings is 2. The number of sulfone groups is 1. The molecule has 0 amide bonds. The van der Waals surface area contributed by atoms with E-state index in [0.29, 0.717) is 19.0 Å². The molecule has 0 radical (unpaired) electrons. The summed E-state index contributed by atoms with van der Waals surface area (Å²) in [6, 6.07) is 11.0. The second-order valence-electron chi connectivity index (χ2n) is 4.97. The van der Waals surface area contributed by atoms with Crippen molar-refractivity contribution in [1.29, 1.82) is 0 Å². The molecule has 0 spiro atoms. The van der Waals surface area contributed by atoms with E-state index in [1.807, 2.05) is 0 Å². The van der Waals surface area contributed by atoms with Crippen LogP contribution < -0.4 is 4.74 Å². The second kappa shape index (κ2) is 5.98. The normalized spacial score (nSPS) is 16.8. The third kappa shape index (κ3) is 3.33. The summed E-state index contributed by atoms with van der Waals surface area (Å²) in [5.41, 5.74) is -0.446. The molecule has 120 valence electrons. The van der Waals surface area contributed by atoms with Crippen LogP contribution in [0, 0.1) is 10.1 Å². The van der Waals surface area contributed by atoms with E-state index in [4.69, 9.17) is 9.47 Å². The Balaban J connectivity index is 1.88. The van der Waals surface area contributed by atoms with E-state index < -0.39 is 20.4 Å². The zero-order valence-corrected chi connectivity index (χ0v) is 12.7. The molecule has 1 aliphatic heterocycles. The number of epoxide rings is 1. The van der Waals surface area contributed by atoms with Gasteiger partial charge in [0.15, 0.2) is 0 Å². The Morgan fingerprint density at radius 3 is 2.43 bits per heavy atom. The van der Waals surface area contributed by atoms with Crippen molar-refractivity contribution in [3.05, 3.63) is 58.6 Å². The number of nitro groups is 1. The van der Waals surface area contributed by atoms with Gasteiger partial charge in [0, 0.05) is 6.07 Å². The lowest BCUT2D eigenvalue weighted by atomic mass is 10.3. The largest absolute Gasteiger partial charge is 0.491 e. The van der Waals surface area contributed by atoms with Crippen LogP contribution in [0.5, 0.6) is 5.75 Å². The molecule has 1 heterocycles. The molecule has 3 rings (SSSR count). The predicted octanol–water partition coefficient (Wildman–Crippen LogP) is 2.21. The molecular weight excluding hydrogens is 322 g/mol. The molecule has 1 unspecified atom stereocenters. The van der Waals surface area contributed by atoms with Crippen molar-refractivity contribution >= 4 is 15.5 Å². The Hall–Kier alpha value is -2.45. The fourth-order valence-electron chi connectivity index (χ4n) is 2.03. The maximum atomic E-state index is 12.6. The van der Waals surface area contributed by atoms with Crippen LogP contribution in [0.25, 0.3) is 0 Å². The molecule has 0 bridgehead atoms. The monoisotopic (exact) mass is 335 g/mol. The number of nitrogens with zero attached hydrogens (tertiary/aromatic N) is 1. The molecule has 1 atom stereocenters. The lowest BCUT2D eigenvalue weighted by molar-refractivity contribution is -0.387. The highest BCUT2D eigenvalue weighted by molar-refractivity contribution is 7.91. The molecular formula is C15H13NO6S. The number of hydrogen-bond acceptors (Lipinski definition) is 6. The fraction of sp³-hybridized carbons (Fsp3) is 0.200. The molecule has 0 saturated carbocycles. The van der Waals surface area contributed by atoms with Gasteiger partial charge in [-0.25, -0.2) is 8.42 Å². The lowest BCUT2D eigenvalue weighted by Crippen LogP contribution is -2.06. The molecule has 1 aliphatic rings. The Morgan fingerprint density at radius 2 is 1.83 bits per heavy atom. The van der Waals surface area contributed by atoms with Gasteiger partial charge in [0.25, 0.3) is 5.69 Å². The first-order chi connectivity index (χ1) is 11.0. The van der Waals surface area contributed by atoms with Crippen LogP contribution in [0.1, 0.15) is 0 Å². The summed E-state index contributed by atoms with van der Waals surface area (Å²) in [7, 11) is -3.97. The zero-order valence-electron chi connectivity index (χ0n) is 11.9. The van der Waals surface area contributed by atoms with Gasteiger partial charge >= 0.3 is 0 Å². The van der Waals surface area contributed by atoms with Crippen molar-refractivity contribution < 1.29 is 22.8 Å². The molecule has 7 nitrogen and oxygen atoms in total. The Labute approximate surface area is 132 Å². The summed E-state index contributed by atoms with van der Waals surface area (Å²) in [5.74, 6) is 0.516. The molecule has 0 aliphatic carbocycles. The smallest absolute Gasteiger partial charge is 0.288 e. The van der Waals surface area contributed by atoms with Crippen LogP contribution in [0.2, 0.25) is 0 Å². The standard InChI is InChI=1S/C15H13NO6S/c17-16(18)14-3-1-2-4-15(14)23(19,20)13-7-5-11(6-8-13)21-9-12-10-22-12/h1-8,12H,9-10H2. The van der Waals surface area contributed by atoms with E-state index in [1.165, 1.54) is 48.5 Å². The SMILES string of the molecule is O=[N+]([O-])c1ccccc1S(=O)(=O)c1ccc(OCC2CO2)cc1. The first kappa shape index (κ1) is 15.4. The second-order valence-corrected chi connectivity index (χ2v) is 6.88. The number of nitro benzene ring substituents is 1. The van der Waals surface area contributed by atoms with Crippen molar-refractivity contribution in [1.82, 2.24) is 0 Å². The van der Waals surface area contributed by atoms with Crippen LogP contribution >= 0.6 is 0 Å². The first-order valence-electron chi connectivity index (χ1n) is 6.81. The van der Waals surface area contributed by atoms with Gasteiger partial charge in [-0.3, -0.25) is 10.1 Å². The highest BCUT2D eigenvalue weighted by Crippen LogP contribution is 2.29. The van der Waals surface area contributed by atoms with Gasteiger partial charge < -0.3 is 9.47 Å². The van der Waals surface area contributed by atoms with Gasteiger partial charge in [-0.05, 0) is 30.3 Å². The van der Waals surface area contributed by atoms with Crippen molar-refractivity contribution in [3.63, 3.8) is 0 Å². The maximum absolute atomic E-state index is 12.6. The summed E-state index contributed by atoms with van der Waals surface area (Å²) in [6.45, 7) is 1.08. The third-order valence-corrected chi connectivity index (χ3v) is 5.14. The minimum Gasteiger partial charge on any atom is -0.491 e. The van der Waals surface area contributed by atoms with Gasteiger partial charge in [-0.2, -0.15) is 0 Å². The average molecular weight is 335 g/mol. The quantitative estimate of drug-likeness (QED) is 0.456. The fourth-order valence-corrected chi connectivity index (χ4v) is 3.45. The highest BCUT2D eigenvalue weighted by Gasteiger charge is 2.27. The van der Waals surface area contributed by atoms with Crippen LogP contribution in [0.15, 0.2) is 58.3 Å². The summed E-state index contributed by atoms with van der Waals surface area (Å²) < 4.78 is 35.6. The summed E-state index contributed by atoms with van der Waals surface area (Å²) in [4.78, 5) is 9.95. The molecule has 1 fully saturated rings. The predicted molar refractivity (Wildman–Crippen MR) is 80.2 cm³/mol. The van der Waals surface area contributed by atoms with E-state index in [-0.39, 0.29) is 15.9 Å². The van der Waals surface area contributed by atoms with Gasteiger partial charge in [0.2, 0.25) is 9.84 Å². The van der Waals surface area contributed by atoms with Crippen LogP contribution in [0.4, 0.5) is 5.69 Å². The highest BCUT2D eigenvalue weighted by atomic mass is 32.2. The zero-order chi connectivity index (χ0) is 16.4. The summed E-state index contributed by atoms with van der Waals surface area (Å²) in [6.07, 6.45) is 0.102. The van der Waals surface area contributed by atoms with Gasteiger partial charge in [-0.15, -0.1) is 0 Å². The van der Waals surface area contributed by atoms with E-state index in [1.54, 1.807) is 0 Å². The van der Waals surface area contributed by atoms with E-state index >= 15 is 0 Å². The molecule has 23 heavy (non-hydrogen) atoms. The van der Waals surface area contributed by atoms with Crippen molar-refractivity contribution in [2.24, 2.45) is 0 Å². The van der Waals surface area contributed by atoms with Crippen molar-refractivity contribution in [2.45, 2.75) is 15.9 Å². The third-order valence-electron chi connectivity index (χ3n) is 3.32. The number of rotatable bonds is 6. The van der Waals surface area contributed by atoms with Crippen molar-refractivity contribution in [3.8, 4) is 5.75 Å². The Bertz CT molecular complexity index is 827. The maximum Gasteiger partial charge on any atom is 0.288 e. The van der Waals surface area contributed by atoms with E-state index in [9.17, 15) is 18.5 Å². The van der Waals surface area contributed by atoms with Gasteiger partial charge in [-0.1, -0.05) is 12.1 Å². The summed E-state index contributed by atoms with van der Waals surface area (Å²) in [5, 5.41) is 11.0. The minimum atomic E-state index is -3.97. The average Bonchev–Trinajstić information content (AvgIpc) is 3.37. The van der Waals surface area contributed by atoms with Crippen LogP contribution in [-0.4, -0.2) is 32.7 Å². The van der Waals surface area contributed by atoms with Gasteiger partial charge in [0.1, 0.15) is 23.4 Å². The first-order valence-corrected chi connectivity index (χ1v) is 8.30. The minimum absolute atomic E-state index is 0.0261. The number of para-hydroxylation sites is 1. The molecule has 1 saturated heterocycles. The van der Waals surface area contributed by atoms with E-state index in [0.717, 1.165) is 0 Å². The van der Waals surface area contributed by atoms with Crippen LogP contribution in [-0.2, 0) is 14.6 Å². The van der Waals surface area contributed by atoms with Crippen molar-refractivity contribution in [2.75, 3.05) is 13.2 Å². The van der Waals surface area contributed by atoms with Crippen LogP contribution in [0.3, 0.4) is 0 Å². The number of hydrogen-bond donors (Lipinski definition) is 0. The molecule has 2 aromatic rings. The Kier molecular flexibility index (Phi) is 4.01. The molecule has 0 N–H and O–H groups in total. The molecule has 8 heteroatoms. The molecule has 2 aromatic carbocycles. The molecule has 0 aromatic heterocycles. The van der Waals surface area contributed by atoms with E-state index in [2.05, 4.69) is 0 Å². The topological polar surface area (TPSA) is 99.0 Å².